The van der Waals surface area contributed by atoms with Crippen LogP contribution in [0.15, 0.2) is 6.20 Å². The van der Waals surface area contributed by atoms with Crippen molar-refractivity contribution in [2.75, 3.05) is 25.6 Å². The van der Waals surface area contributed by atoms with Crippen LogP contribution in [0.4, 0.5) is 10.1 Å². The molecule has 1 aromatic rings. The number of ether oxygens (including phenoxy) is 1. The largest absolute Gasteiger partial charge is 0.391 e. The Balaban J connectivity index is 2.29. The number of thiazole rings is 1. The van der Waals surface area contributed by atoms with Crippen LogP contribution in [0.3, 0.4) is 0 Å². The number of aliphatic hydroxyl groups excluding tert-OH is 1. The maximum absolute atomic E-state index is 10.4. The molecule has 0 spiro atoms. The molecule has 0 aliphatic heterocycles. The first-order chi connectivity index (χ1) is 7.63. The number of nitrogens with zero attached hydrogens (tertiary/aromatic N) is 2. The standard InChI is InChI=1S/C8H13N3O4S/c1-15-5-6(12)2-3-9-8-10-4-7(16-8)11(13)14/h4,6,12H,2-3,5H2,1H3,(H,9,10). The highest BCUT2D eigenvalue weighted by molar-refractivity contribution is 7.18. The molecular weight excluding hydrogens is 234 g/mol. The molecule has 7 nitrogen and oxygen atoms in total. The molecule has 1 aromatic heterocycles. The topological polar surface area (TPSA) is 97.5 Å². The normalized spacial score (nSPS) is 12.4. The molecule has 0 saturated carbocycles. The van der Waals surface area contributed by atoms with Gasteiger partial charge in [-0.15, -0.1) is 0 Å². The fourth-order valence-electron chi connectivity index (χ4n) is 1.05. The van der Waals surface area contributed by atoms with Gasteiger partial charge in [-0.1, -0.05) is 0 Å². The molecule has 16 heavy (non-hydrogen) atoms. The first-order valence-electron chi connectivity index (χ1n) is 4.64. The Morgan fingerprint density at radius 1 is 1.81 bits per heavy atom. The van der Waals surface area contributed by atoms with E-state index >= 15 is 0 Å². The van der Waals surface area contributed by atoms with Crippen molar-refractivity contribution in [1.29, 1.82) is 0 Å². The second kappa shape index (κ2) is 6.36. The summed E-state index contributed by atoms with van der Waals surface area (Å²) in [7, 11) is 1.51. The van der Waals surface area contributed by atoms with Gasteiger partial charge in [0.25, 0.3) is 0 Å². The summed E-state index contributed by atoms with van der Waals surface area (Å²) >= 11 is 0.972. The number of aliphatic hydroxyl groups is 1. The van der Waals surface area contributed by atoms with Crippen LogP contribution in [-0.4, -0.2) is 41.4 Å². The van der Waals surface area contributed by atoms with Gasteiger partial charge < -0.3 is 15.2 Å². The third-order valence-corrected chi connectivity index (χ3v) is 2.69. The minimum atomic E-state index is -0.535. The number of rotatable bonds is 7. The second-order valence-electron chi connectivity index (χ2n) is 3.09. The van der Waals surface area contributed by atoms with Gasteiger partial charge in [-0.2, -0.15) is 0 Å². The van der Waals surface area contributed by atoms with Crippen molar-refractivity contribution in [2.45, 2.75) is 12.5 Å². The zero-order valence-corrected chi connectivity index (χ0v) is 9.57. The highest BCUT2D eigenvalue weighted by Gasteiger charge is 2.11. The van der Waals surface area contributed by atoms with Crippen LogP contribution < -0.4 is 5.32 Å². The lowest BCUT2D eigenvalue weighted by Gasteiger charge is -2.08. The molecule has 0 amide bonds. The molecule has 1 rings (SSSR count). The van der Waals surface area contributed by atoms with E-state index in [9.17, 15) is 15.2 Å². The molecule has 0 radical (unpaired) electrons. The van der Waals surface area contributed by atoms with Gasteiger partial charge in [0.05, 0.1) is 17.6 Å². The summed E-state index contributed by atoms with van der Waals surface area (Å²) in [6.45, 7) is 0.773. The fraction of sp³-hybridized carbons (Fsp3) is 0.625. The first kappa shape index (κ1) is 12.8. The Morgan fingerprint density at radius 3 is 3.12 bits per heavy atom. The smallest absolute Gasteiger partial charge is 0.345 e. The van der Waals surface area contributed by atoms with Crippen molar-refractivity contribution < 1.29 is 14.8 Å². The monoisotopic (exact) mass is 247 g/mol. The lowest BCUT2D eigenvalue weighted by atomic mass is 10.3. The molecule has 1 atom stereocenters. The third kappa shape index (κ3) is 4.09. The molecule has 0 aliphatic carbocycles. The van der Waals surface area contributed by atoms with Crippen molar-refractivity contribution in [1.82, 2.24) is 4.98 Å². The molecule has 0 aromatic carbocycles. The highest BCUT2D eigenvalue weighted by Crippen LogP contribution is 2.24. The number of anilines is 1. The zero-order valence-electron chi connectivity index (χ0n) is 8.75. The first-order valence-corrected chi connectivity index (χ1v) is 5.46. The van der Waals surface area contributed by atoms with Crippen molar-refractivity contribution >= 4 is 21.5 Å². The van der Waals surface area contributed by atoms with Crippen LogP contribution in [0.5, 0.6) is 0 Å². The number of hydrogen-bond acceptors (Lipinski definition) is 7. The number of nitrogens with one attached hydrogen (secondary N) is 1. The van der Waals surface area contributed by atoms with Crippen LogP contribution in [0, 0.1) is 10.1 Å². The van der Waals surface area contributed by atoms with E-state index in [1.165, 1.54) is 13.3 Å². The van der Waals surface area contributed by atoms with E-state index in [0.717, 1.165) is 11.3 Å². The second-order valence-corrected chi connectivity index (χ2v) is 4.09. The Morgan fingerprint density at radius 2 is 2.56 bits per heavy atom. The summed E-state index contributed by atoms with van der Waals surface area (Å²) in [6, 6.07) is 0. The van der Waals surface area contributed by atoms with E-state index < -0.39 is 11.0 Å². The average Bonchev–Trinajstić information content (AvgIpc) is 2.67. The molecule has 0 fully saturated rings. The molecule has 0 bridgehead atoms. The molecule has 2 N–H and O–H groups in total. The van der Waals surface area contributed by atoms with E-state index in [1.807, 2.05) is 0 Å². The SMILES string of the molecule is COCC(O)CCNc1ncc([N+](=O)[O-])s1. The predicted octanol–water partition coefficient (Wildman–Crippen LogP) is 0.861. The van der Waals surface area contributed by atoms with Crippen molar-refractivity contribution in [3.05, 3.63) is 16.3 Å². The average molecular weight is 247 g/mol. The molecule has 0 aliphatic rings. The number of nitro groups is 1. The maximum Gasteiger partial charge on any atom is 0.345 e. The van der Waals surface area contributed by atoms with Gasteiger partial charge in [0.1, 0.15) is 6.20 Å². The highest BCUT2D eigenvalue weighted by atomic mass is 32.1. The van der Waals surface area contributed by atoms with Gasteiger partial charge in [0.15, 0.2) is 5.13 Å². The number of hydrogen-bond donors (Lipinski definition) is 2. The Bertz CT molecular complexity index is 344. The summed E-state index contributed by atoms with van der Waals surface area (Å²) in [6.07, 6.45) is 1.17. The Labute approximate surface area is 96.2 Å². The Kier molecular flexibility index (Phi) is 5.09. The minimum Gasteiger partial charge on any atom is -0.391 e. The molecule has 0 saturated heterocycles. The van der Waals surface area contributed by atoms with Crippen molar-refractivity contribution in [3.8, 4) is 0 Å². The van der Waals surface area contributed by atoms with Crippen molar-refractivity contribution in [3.63, 3.8) is 0 Å². The summed E-state index contributed by atoms with van der Waals surface area (Å²) in [4.78, 5) is 13.7. The molecule has 1 unspecified atom stereocenters. The van der Waals surface area contributed by atoms with Gasteiger partial charge in [0, 0.05) is 13.7 Å². The third-order valence-electron chi connectivity index (χ3n) is 1.79. The van der Waals surface area contributed by atoms with Crippen LogP contribution in [0.2, 0.25) is 0 Å². The molecule has 90 valence electrons. The van der Waals surface area contributed by atoms with Gasteiger partial charge in [0.2, 0.25) is 0 Å². The summed E-state index contributed by atoms with van der Waals surface area (Å²) in [5.74, 6) is 0. The Hall–Kier alpha value is -1.25. The van der Waals surface area contributed by atoms with Gasteiger partial charge in [-0.05, 0) is 17.8 Å². The lowest BCUT2D eigenvalue weighted by Crippen LogP contribution is -2.18. The molecule has 8 heteroatoms. The van der Waals surface area contributed by atoms with Gasteiger partial charge in [-0.25, -0.2) is 4.98 Å². The van der Waals surface area contributed by atoms with Gasteiger partial charge >= 0.3 is 5.00 Å². The van der Waals surface area contributed by atoms with E-state index in [-0.39, 0.29) is 11.6 Å². The van der Waals surface area contributed by atoms with E-state index in [1.54, 1.807) is 0 Å². The minimum absolute atomic E-state index is 0.0000556. The number of aromatic nitrogens is 1. The van der Waals surface area contributed by atoms with Crippen LogP contribution in [0.1, 0.15) is 6.42 Å². The predicted molar refractivity (Wildman–Crippen MR) is 59.8 cm³/mol. The van der Waals surface area contributed by atoms with E-state index in [0.29, 0.717) is 18.1 Å². The van der Waals surface area contributed by atoms with E-state index in [4.69, 9.17) is 4.74 Å². The summed E-state index contributed by atoms with van der Waals surface area (Å²) in [5, 5.41) is 23.1. The van der Waals surface area contributed by atoms with Crippen LogP contribution in [0.25, 0.3) is 0 Å². The van der Waals surface area contributed by atoms with Crippen LogP contribution >= 0.6 is 11.3 Å². The molecule has 1 heterocycles. The number of methoxy groups -OCH3 is 1. The zero-order chi connectivity index (χ0) is 12.0. The molecular formula is C8H13N3O4S. The van der Waals surface area contributed by atoms with E-state index in [2.05, 4.69) is 10.3 Å². The lowest BCUT2D eigenvalue weighted by molar-refractivity contribution is -0.380. The maximum atomic E-state index is 10.4. The quantitative estimate of drug-likeness (QED) is 0.548. The van der Waals surface area contributed by atoms with Crippen LogP contribution in [-0.2, 0) is 4.74 Å². The van der Waals surface area contributed by atoms with Crippen molar-refractivity contribution in [2.24, 2.45) is 0 Å². The fourth-order valence-corrected chi connectivity index (χ4v) is 1.71. The van der Waals surface area contributed by atoms with Gasteiger partial charge in [-0.3, -0.25) is 10.1 Å². The summed E-state index contributed by atoms with van der Waals surface area (Å²) < 4.78 is 4.76. The summed E-state index contributed by atoms with van der Waals surface area (Å²) in [5.41, 5.74) is 0.